The first-order valence-electron chi connectivity index (χ1n) is 6.59. The molecule has 0 bridgehead atoms. The highest BCUT2D eigenvalue weighted by atomic mass is 16.6. The van der Waals surface area contributed by atoms with E-state index in [1.165, 1.54) is 0 Å². The summed E-state index contributed by atoms with van der Waals surface area (Å²) in [5, 5.41) is 3.36. The third kappa shape index (κ3) is 2.25. The van der Waals surface area contributed by atoms with Crippen LogP contribution in [0.25, 0.3) is 0 Å². The predicted octanol–water partition coefficient (Wildman–Crippen LogP) is 3.52. The smallest absolute Gasteiger partial charge is 0.184 e. The van der Waals surface area contributed by atoms with Gasteiger partial charge in [-0.3, -0.25) is 0 Å². The summed E-state index contributed by atoms with van der Waals surface area (Å²) in [6.07, 6.45) is 0. The van der Waals surface area contributed by atoms with Crippen LogP contribution in [0.5, 0.6) is 17.2 Å². The van der Waals surface area contributed by atoms with Crippen LogP contribution in [-0.2, 0) is 0 Å². The molecular weight excluding hydrogens is 254 g/mol. The number of methoxy groups -OCH3 is 1. The van der Waals surface area contributed by atoms with Crippen LogP contribution >= 0.6 is 0 Å². The van der Waals surface area contributed by atoms with Gasteiger partial charge < -0.3 is 19.5 Å². The highest BCUT2D eigenvalue weighted by Crippen LogP contribution is 2.40. The quantitative estimate of drug-likeness (QED) is 0.927. The average Bonchev–Trinajstić information content (AvgIpc) is 2.48. The molecule has 104 valence electrons. The summed E-state index contributed by atoms with van der Waals surface area (Å²) in [7, 11) is 1.67. The first kappa shape index (κ1) is 12.7. The van der Waals surface area contributed by atoms with Crippen LogP contribution in [0, 0.1) is 6.92 Å². The van der Waals surface area contributed by atoms with Gasteiger partial charge in [0.1, 0.15) is 19.0 Å². The van der Waals surface area contributed by atoms with E-state index in [0.717, 1.165) is 34.2 Å². The number of aryl methyl sites for hydroxylation is 1. The van der Waals surface area contributed by atoms with E-state index in [9.17, 15) is 0 Å². The van der Waals surface area contributed by atoms with Crippen LogP contribution in [0.1, 0.15) is 5.56 Å². The molecule has 0 aromatic heterocycles. The molecule has 4 heteroatoms. The van der Waals surface area contributed by atoms with Crippen molar-refractivity contribution in [3.63, 3.8) is 0 Å². The molecule has 4 nitrogen and oxygen atoms in total. The zero-order chi connectivity index (χ0) is 13.9. The standard InChI is InChI=1S/C16H17NO3/c1-11-5-3-6-12(15(11)18-2)17-13-7-4-8-14-16(13)20-10-9-19-14/h3-8,17H,9-10H2,1-2H3. The second-order valence-corrected chi connectivity index (χ2v) is 4.61. The van der Waals surface area contributed by atoms with Crippen molar-refractivity contribution in [1.82, 2.24) is 0 Å². The van der Waals surface area contributed by atoms with E-state index < -0.39 is 0 Å². The number of fused-ring (bicyclic) bond motifs is 1. The van der Waals surface area contributed by atoms with E-state index in [1.807, 2.05) is 43.3 Å². The van der Waals surface area contributed by atoms with Gasteiger partial charge in [0.25, 0.3) is 0 Å². The molecule has 0 aliphatic carbocycles. The Morgan fingerprint density at radius 1 is 1.00 bits per heavy atom. The summed E-state index contributed by atoms with van der Waals surface area (Å²) in [5.41, 5.74) is 2.88. The summed E-state index contributed by atoms with van der Waals surface area (Å²) in [6, 6.07) is 11.8. The molecule has 1 aliphatic heterocycles. The second kappa shape index (κ2) is 5.33. The van der Waals surface area contributed by atoms with E-state index in [1.54, 1.807) is 7.11 Å². The van der Waals surface area contributed by atoms with Crippen molar-refractivity contribution in [3.05, 3.63) is 42.0 Å². The van der Waals surface area contributed by atoms with Crippen LogP contribution in [0.2, 0.25) is 0 Å². The topological polar surface area (TPSA) is 39.7 Å². The molecule has 1 heterocycles. The molecule has 20 heavy (non-hydrogen) atoms. The minimum atomic E-state index is 0.566. The Morgan fingerprint density at radius 3 is 2.60 bits per heavy atom. The van der Waals surface area contributed by atoms with E-state index in [-0.39, 0.29) is 0 Å². The molecule has 1 N–H and O–H groups in total. The first-order chi connectivity index (χ1) is 9.79. The lowest BCUT2D eigenvalue weighted by Gasteiger charge is -2.22. The number of para-hydroxylation sites is 2. The summed E-state index contributed by atoms with van der Waals surface area (Å²) >= 11 is 0. The van der Waals surface area contributed by atoms with Gasteiger partial charge in [0, 0.05) is 0 Å². The maximum absolute atomic E-state index is 5.70. The zero-order valence-electron chi connectivity index (χ0n) is 11.6. The van der Waals surface area contributed by atoms with Crippen molar-refractivity contribution < 1.29 is 14.2 Å². The number of anilines is 2. The largest absolute Gasteiger partial charge is 0.494 e. The van der Waals surface area contributed by atoms with Gasteiger partial charge in [-0.15, -0.1) is 0 Å². The SMILES string of the molecule is COc1c(C)cccc1Nc1cccc2c1OCCO2. The Hall–Kier alpha value is -2.36. The molecule has 2 aromatic carbocycles. The molecule has 0 fully saturated rings. The van der Waals surface area contributed by atoms with Crippen molar-refractivity contribution >= 4 is 11.4 Å². The monoisotopic (exact) mass is 271 g/mol. The molecule has 0 radical (unpaired) electrons. The maximum Gasteiger partial charge on any atom is 0.184 e. The Labute approximate surface area is 118 Å². The molecular formula is C16H17NO3. The molecule has 0 amide bonds. The fourth-order valence-corrected chi connectivity index (χ4v) is 2.34. The van der Waals surface area contributed by atoms with E-state index in [0.29, 0.717) is 13.2 Å². The van der Waals surface area contributed by atoms with Crippen molar-refractivity contribution in [3.8, 4) is 17.2 Å². The third-order valence-electron chi connectivity index (χ3n) is 3.25. The van der Waals surface area contributed by atoms with Crippen LogP contribution in [-0.4, -0.2) is 20.3 Å². The average molecular weight is 271 g/mol. The molecule has 0 saturated carbocycles. The van der Waals surface area contributed by atoms with Crippen molar-refractivity contribution in [1.29, 1.82) is 0 Å². The lowest BCUT2D eigenvalue weighted by atomic mass is 10.1. The van der Waals surface area contributed by atoms with Gasteiger partial charge in [-0.2, -0.15) is 0 Å². The third-order valence-corrected chi connectivity index (χ3v) is 3.25. The van der Waals surface area contributed by atoms with Crippen LogP contribution in [0.15, 0.2) is 36.4 Å². The Morgan fingerprint density at radius 2 is 1.75 bits per heavy atom. The minimum absolute atomic E-state index is 0.566. The van der Waals surface area contributed by atoms with Gasteiger partial charge in [-0.05, 0) is 30.7 Å². The van der Waals surface area contributed by atoms with Crippen LogP contribution in [0.3, 0.4) is 0 Å². The molecule has 1 aliphatic rings. The Bertz CT molecular complexity index is 625. The van der Waals surface area contributed by atoms with Crippen molar-refractivity contribution in [2.75, 3.05) is 25.6 Å². The van der Waals surface area contributed by atoms with Gasteiger partial charge in [0.2, 0.25) is 0 Å². The van der Waals surface area contributed by atoms with Gasteiger partial charge in [0.05, 0.1) is 18.5 Å². The number of rotatable bonds is 3. The second-order valence-electron chi connectivity index (χ2n) is 4.61. The first-order valence-corrected chi connectivity index (χ1v) is 6.59. The normalized spacial score (nSPS) is 12.9. The molecule has 0 saturated heterocycles. The highest BCUT2D eigenvalue weighted by Gasteiger charge is 2.16. The number of nitrogens with one attached hydrogen (secondary N) is 1. The Balaban J connectivity index is 1.98. The van der Waals surface area contributed by atoms with Crippen molar-refractivity contribution in [2.45, 2.75) is 6.92 Å². The molecule has 3 rings (SSSR count). The number of hydrogen-bond donors (Lipinski definition) is 1. The molecule has 0 spiro atoms. The molecule has 0 atom stereocenters. The lowest BCUT2D eigenvalue weighted by molar-refractivity contribution is 0.172. The summed E-state index contributed by atoms with van der Waals surface area (Å²) in [4.78, 5) is 0. The minimum Gasteiger partial charge on any atom is -0.494 e. The number of hydrogen-bond acceptors (Lipinski definition) is 4. The van der Waals surface area contributed by atoms with Crippen molar-refractivity contribution in [2.24, 2.45) is 0 Å². The summed E-state index contributed by atoms with van der Waals surface area (Å²) in [5.74, 6) is 2.36. The van der Waals surface area contributed by atoms with Gasteiger partial charge in [-0.25, -0.2) is 0 Å². The number of benzene rings is 2. The van der Waals surface area contributed by atoms with Crippen LogP contribution < -0.4 is 19.5 Å². The zero-order valence-corrected chi connectivity index (χ0v) is 11.6. The fourth-order valence-electron chi connectivity index (χ4n) is 2.34. The van der Waals surface area contributed by atoms with Gasteiger partial charge in [0.15, 0.2) is 11.5 Å². The maximum atomic E-state index is 5.70. The fraction of sp³-hybridized carbons (Fsp3) is 0.250. The summed E-state index contributed by atoms with van der Waals surface area (Å²) < 4.78 is 16.7. The van der Waals surface area contributed by atoms with E-state index in [2.05, 4.69) is 5.32 Å². The summed E-state index contributed by atoms with van der Waals surface area (Å²) in [6.45, 7) is 3.17. The van der Waals surface area contributed by atoms with Gasteiger partial charge in [-0.1, -0.05) is 18.2 Å². The van der Waals surface area contributed by atoms with Crippen LogP contribution in [0.4, 0.5) is 11.4 Å². The highest BCUT2D eigenvalue weighted by molar-refractivity contribution is 5.74. The van der Waals surface area contributed by atoms with Gasteiger partial charge >= 0.3 is 0 Å². The predicted molar refractivity (Wildman–Crippen MR) is 78.4 cm³/mol. The lowest BCUT2D eigenvalue weighted by Crippen LogP contribution is -2.16. The number of ether oxygens (including phenoxy) is 3. The molecule has 2 aromatic rings. The Kier molecular flexibility index (Phi) is 3.37. The van der Waals surface area contributed by atoms with E-state index in [4.69, 9.17) is 14.2 Å². The molecule has 0 unspecified atom stereocenters. The van der Waals surface area contributed by atoms with E-state index >= 15 is 0 Å².